The van der Waals surface area contributed by atoms with E-state index in [1.165, 1.54) is 18.2 Å². The van der Waals surface area contributed by atoms with Crippen molar-refractivity contribution in [2.24, 2.45) is 5.92 Å². The molecule has 1 saturated carbocycles. The number of halogens is 3. The largest absolute Gasteiger partial charge is 0.573 e. The highest BCUT2D eigenvalue weighted by Gasteiger charge is 2.32. The van der Waals surface area contributed by atoms with E-state index >= 15 is 0 Å². The lowest BCUT2D eigenvalue weighted by Crippen LogP contribution is -2.39. The Balaban J connectivity index is 1.32. The third kappa shape index (κ3) is 9.28. The highest BCUT2D eigenvalue weighted by molar-refractivity contribution is 7.88. The van der Waals surface area contributed by atoms with Crippen molar-refractivity contribution in [3.05, 3.63) is 82.0 Å². The van der Waals surface area contributed by atoms with Crippen LogP contribution in [0.25, 0.3) is 0 Å². The highest BCUT2D eigenvalue weighted by atomic mass is 32.2. The molecule has 1 aromatic heterocycles. The van der Waals surface area contributed by atoms with Gasteiger partial charge in [0.15, 0.2) is 0 Å². The molecule has 15 heteroatoms. The Labute approximate surface area is 234 Å². The number of hydrogen-bond donors (Lipinski definition) is 3. The Bertz CT molecular complexity index is 1440. The van der Waals surface area contributed by atoms with Crippen LogP contribution in [0, 0.1) is 16.0 Å². The predicted molar refractivity (Wildman–Crippen MR) is 146 cm³/mol. The second-order valence-corrected chi connectivity index (χ2v) is 11.4. The van der Waals surface area contributed by atoms with Gasteiger partial charge in [-0.05, 0) is 43.2 Å². The summed E-state index contributed by atoms with van der Waals surface area (Å²) in [7, 11) is -3.49. The molecule has 0 atom stereocenters. The second kappa shape index (κ2) is 13.1. The number of benzene rings is 2. The maximum atomic E-state index is 12.7. The van der Waals surface area contributed by atoms with Crippen LogP contribution < -0.4 is 20.1 Å². The highest BCUT2D eigenvalue weighted by Crippen LogP contribution is 2.29. The number of nitro groups is 1. The van der Waals surface area contributed by atoms with Crippen LogP contribution in [0.3, 0.4) is 0 Å². The van der Waals surface area contributed by atoms with Gasteiger partial charge in [0.1, 0.15) is 11.9 Å². The number of hydrogen-bond acceptors (Lipinski definition) is 9. The number of ether oxygens (including phenoxy) is 1. The molecule has 1 fully saturated rings. The number of alkyl halides is 3. The molecule has 4 rings (SSSR count). The molecule has 0 unspecified atom stereocenters. The van der Waals surface area contributed by atoms with Gasteiger partial charge in [0.2, 0.25) is 21.8 Å². The standard InChI is InChI=1S/C26H29F3N6O5S/c27-26(28,29)40-23-9-5-4-8-20(23)15-31-25-32-16-22(35(36)37)24(33-25)30-14-18-10-12-21(13-11-18)34-41(38,39)17-19-6-2-1-3-7-19/h1-9,16,18,21,34H,10-15,17H2,(H2,30,31,32,33)/t18-,21-. The van der Waals surface area contributed by atoms with Crippen LogP contribution in [-0.2, 0) is 22.3 Å². The first-order valence-electron chi connectivity index (χ1n) is 12.8. The molecule has 0 saturated heterocycles. The van der Waals surface area contributed by atoms with Crippen molar-refractivity contribution >= 4 is 27.5 Å². The third-order valence-electron chi connectivity index (χ3n) is 6.55. The number of nitrogens with one attached hydrogen (secondary N) is 3. The fourth-order valence-corrected chi connectivity index (χ4v) is 6.05. The molecule has 3 aromatic rings. The summed E-state index contributed by atoms with van der Waals surface area (Å²) < 4.78 is 70.0. The maximum Gasteiger partial charge on any atom is 0.573 e. The topological polar surface area (TPSA) is 148 Å². The first kappa shape index (κ1) is 30.0. The van der Waals surface area contributed by atoms with E-state index in [9.17, 15) is 31.7 Å². The molecule has 3 N–H and O–H groups in total. The van der Waals surface area contributed by atoms with Gasteiger partial charge in [-0.25, -0.2) is 18.1 Å². The van der Waals surface area contributed by atoms with E-state index in [1.807, 2.05) is 6.07 Å². The van der Waals surface area contributed by atoms with E-state index in [2.05, 4.69) is 30.1 Å². The van der Waals surface area contributed by atoms with E-state index in [0.29, 0.717) is 37.8 Å². The summed E-state index contributed by atoms with van der Waals surface area (Å²) in [6.45, 7) is 0.247. The zero-order valence-corrected chi connectivity index (χ0v) is 22.6. The Morgan fingerprint density at radius 3 is 2.37 bits per heavy atom. The number of nitrogens with zero attached hydrogens (tertiary/aromatic N) is 3. The summed E-state index contributed by atoms with van der Waals surface area (Å²) in [5.41, 5.74) is 0.549. The van der Waals surface area contributed by atoms with Gasteiger partial charge in [-0.2, -0.15) is 4.98 Å². The monoisotopic (exact) mass is 594 g/mol. The Hall–Kier alpha value is -3.98. The fourth-order valence-electron chi connectivity index (χ4n) is 4.59. The zero-order chi connectivity index (χ0) is 29.5. The first-order chi connectivity index (χ1) is 19.5. The number of aromatic nitrogens is 2. The average Bonchev–Trinajstić information content (AvgIpc) is 2.91. The summed E-state index contributed by atoms with van der Waals surface area (Å²) in [4.78, 5) is 19.0. The smallest absolute Gasteiger partial charge is 0.405 e. The lowest BCUT2D eigenvalue weighted by Gasteiger charge is -2.29. The van der Waals surface area contributed by atoms with Crippen LogP contribution in [0.15, 0.2) is 60.8 Å². The summed E-state index contributed by atoms with van der Waals surface area (Å²) >= 11 is 0. The van der Waals surface area contributed by atoms with Crippen LogP contribution in [0.1, 0.15) is 36.8 Å². The van der Waals surface area contributed by atoms with Crippen LogP contribution in [0.5, 0.6) is 5.75 Å². The zero-order valence-electron chi connectivity index (χ0n) is 21.8. The molecule has 0 spiro atoms. The van der Waals surface area contributed by atoms with E-state index in [0.717, 1.165) is 6.20 Å². The molecular formula is C26H29F3N6O5S. The van der Waals surface area contributed by atoms with Crippen molar-refractivity contribution in [2.75, 3.05) is 17.2 Å². The Morgan fingerprint density at radius 2 is 1.68 bits per heavy atom. The fraction of sp³-hybridized carbons (Fsp3) is 0.385. The first-order valence-corrected chi connectivity index (χ1v) is 14.5. The Kier molecular flexibility index (Phi) is 9.60. The molecule has 0 bridgehead atoms. The van der Waals surface area contributed by atoms with Crippen molar-refractivity contribution in [1.82, 2.24) is 14.7 Å². The lowest BCUT2D eigenvalue weighted by molar-refractivity contribution is -0.384. The minimum Gasteiger partial charge on any atom is -0.405 e. The van der Waals surface area contributed by atoms with Gasteiger partial charge >= 0.3 is 12.0 Å². The molecule has 0 aliphatic heterocycles. The summed E-state index contributed by atoms with van der Waals surface area (Å²) in [5.74, 6) is -0.397. The number of sulfonamides is 1. The van der Waals surface area contributed by atoms with Gasteiger partial charge in [-0.15, -0.1) is 13.2 Å². The molecule has 41 heavy (non-hydrogen) atoms. The summed E-state index contributed by atoms with van der Waals surface area (Å²) in [6, 6.07) is 14.3. The molecule has 0 radical (unpaired) electrons. The van der Waals surface area contributed by atoms with E-state index in [4.69, 9.17) is 0 Å². The minimum atomic E-state index is -4.86. The van der Waals surface area contributed by atoms with E-state index in [-0.39, 0.29) is 53.0 Å². The van der Waals surface area contributed by atoms with Gasteiger partial charge in [-0.3, -0.25) is 10.1 Å². The van der Waals surface area contributed by atoms with Crippen molar-refractivity contribution in [3.63, 3.8) is 0 Å². The molecule has 1 aliphatic rings. The van der Waals surface area contributed by atoms with Crippen LogP contribution in [-0.4, -0.2) is 42.3 Å². The summed E-state index contributed by atoms with van der Waals surface area (Å²) in [5, 5.41) is 17.3. The molecule has 220 valence electrons. The van der Waals surface area contributed by atoms with Crippen molar-refractivity contribution in [2.45, 2.75) is 50.4 Å². The van der Waals surface area contributed by atoms with Crippen LogP contribution in [0.2, 0.25) is 0 Å². The van der Waals surface area contributed by atoms with Crippen molar-refractivity contribution < 1.29 is 31.2 Å². The molecule has 11 nitrogen and oxygen atoms in total. The predicted octanol–water partition coefficient (Wildman–Crippen LogP) is 4.99. The van der Waals surface area contributed by atoms with E-state index < -0.39 is 21.3 Å². The van der Waals surface area contributed by atoms with Crippen LogP contribution in [0.4, 0.5) is 30.6 Å². The van der Waals surface area contributed by atoms with Crippen LogP contribution >= 0.6 is 0 Å². The second-order valence-electron chi connectivity index (χ2n) is 9.65. The van der Waals surface area contributed by atoms with Gasteiger partial charge in [0.05, 0.1) is 10.7 Å². The summed E-state index contributed by atoms with van der Waals surface area (Å²) in [6.07, 6.45) is -1.19. The third-order valence-corrected chi connectivity index (χ3v) is 7.96. The number of anilines is 2. The SMILES string of the molecule is O=[N+]([O-])c1cnc(NCc2ccccc2OC(F)(F)F)nc1NC[C@H]1CC[C@H](NS(=O)(=O)Cc2ccccc2)CC1. The molecule has 1 aliphatic carbocycles. The van der Waals surface area contributed by atoms with Gasteiger partial charge in [0, 0.05) is 24.7 Å². The van der Waals surface area contributed by atoms with E-state index in [1.54, 1.807) is 30.3 Å². The molecule has 1 heterocycles. The van der Waals surface area contributed by atoms with Gasteiger partial charge in [-0.1, -0.05) is 48.5 Å². The molecular weight excluding hydrogens is 565 g/mol. The number of para-hydroxylation sites is 1. The normalized spacial score (nSPS) is 17.5. The average molecular weight is 595 g/mol. The molecule has 0 amide bonds. The molecule has 2 aromatic carbocycles. The minimum absolute atomic E-state index is 0.0172. The Morgan fingerprint density at radius 1 is 1.00 bits per heavy atom. The maximum absolute atomic E-state index is 12.7. The van der Waals surface area contributed by atoms with Crippen molar-refractivity contribution in [3.8, 4) is 5.75 Å². The van der Waals surface area contributed by atoms with Gasteiger partial charge < -0.3 is 15.4 Å². The van der Waals surface area contributed by atoms with Gasteiger partial charge in [0.25, 0.3) is 0 Å². The quantitative estimate of drug-likeness (QED) is 0.195. The number of rotatable bonds is 12. The van der Waals surface area contributed by atoms with Crippen molar-refractivity contribution in [1.29, 1.82) is 0 Å². The lowest BCUT2D eigenvalue weighted by atomic mass is 9.86.